The van der Waals surface area contributed by atoms with Gasteiger partial charge in [0.05, 0.1) is 44.4 Å². The Kier molecular flexibility index (Phi) is 33.3. The van der Waals surface area contributed by atoms with E-state index in [0.717, 1.165) is 208 Å². The van der Waals surface area contributed by atoms with Gasteiger partial charge in [-0.25, -0.2) is 4.39 Å². The van der Waals surface area contributed by atoms with Crippen LogP contribution in [0.4, 0.5) is 4.39 Å². The number of aromatic hydroxyl groups is 1. The average Bonchev–Trinajstić information content (AvgIpc) is 0.685. The molecule has 133 heavy (non-hydrogen) atoms. The van der Waals surface area contributed by atoms with Gasteiger partial charge in [0, 0.05) is 24.4 Å². The quantitative estimate of drug-likeness (QED) is 0.0460. The van der Waals surface area contributed by atoms with Gasteiger partial charge in [-0.3, -0.25) is 33.6 Å². The number of phenolic OH excluding ortho intramolecular Hbond substituents is 1. The molecule has 0 saturated heterocycles. The van der Waals surface area contributed by atoms with E-state index in [9.17, 15) is 79.5 Å². The number of aliphatic hydroxyl groups is 4. The molecule has 11 N–H and O–H groups in total. The Morgan fingerprint density at radius 2 is 0.917 bits per heavy atom. The summed E-state index contributed by atoms with van der Waals surface area (Å²) in [7, 11) is 0. The first-order valence-electron chi connectivity index (χ1n) is 51.4. The first-order chi connectivity index (χ1) is 61.7. The molecule has 0 amide bonds. The smallest absolute Gasteiger partial charge is 0.309 e. The van der Waals surface area contributed by atoms with Crippen LogP contribution in [0.3, 0.4) is 0 Å². The van der Waals surface area contributed by atoms with Gasteiger partial charge < -0.3 is 56.2 Å². The summed E-state index contributed by atoms with van der Waals surface area (Å²) in [5.41, 5.74) is 3.06. The monoisotopic (exact) mass is 1850 g/mol. The number of ketones is 1. The Morgan fingerprint density at radius 1 is 0.481 bits per heavy atom. The molecule has 0 heterocycles. The molecule has 0 radical (unpaired) electrons. The number of hydrogen-bond acceptors (Lipinski definition) is 12. The van der Waals surface area contributed by atoms with E-state index in [1.54, 1.807) is 26.0 Å². The number of rotatable bonds is 19. The minimum atomic E-state index is -1.09. The summed E-state index contributed by atoms with van der Waals surface area (Å²) in [4.78, 5) is 81.7. The number of carboxylic acid groups (broad SMARTS) is 6. The number of aliphatic hydroxyl groups excluding tert-OH is 2. The molecule has 18 nitrogen and oxygen atoms in total. The topological polar surface area (TPSA) is 342 Å². The summed E-state index contributed by atoms with van der Waals surface area (Å²) in [6, 6.07) is 12.0. The predicted octanol–water partition coefficient (Wildman–Crippen LogP) is 25.4. The first-order valence-corrected chi connectivity index (χ1v) is 51.4. The molecular formula is C114H173FO18. The van der Waals surface area contributed by atoms with Gasteiger partial charge in [0.15, 0.2) is 5.78 Å². The first kappa shape index (κ1) is 108. The van der Waals surface area contributed by atoms with Gasteiger partial charge in [0.1, 0.15) is 11.4 Å². The zero-order valence-electron chi connectivity index (χ0n) is 84.9. The van der Waals surface area contributed by atoms with Crippen LogP contribution in [0.15, 0.2) is 96.7 Å². The fraction of sp³-hybridized carbons (Fsp3) is 0.746. The lowest BCUT2D eigenvalue weighted by atomic mass is 9.43. The molecule has 2 aromatic rings. The Bertz CT molecular complexity index is 4670. The predicted molar refractivity (Wildman–Crippen MR) is 523 cm³/mol. The van der Waals surface area contributed by atoms with E-state index in [2.05, 4.69) is 100 Å². The summed E-state index contributed by atoms with van der Waals surface area (Å²) in [5.74, 6) is -1.20. The zero-order chi connectivity index (χ0) is 99.1. The van der Waals surface area contributed by atoms with Gasteiger partial charge >= 0.3 is 35.8 Å². The molecule has 0 bridgehead atoms. The third-order valence-corrected chi connectivity index (χ3v) is 39.7. The van der Waals surface area contributed by atoms with Gasteiger partial charge in [0.2, 0.25) is 0 Å². The van der Waals surface area contributed by atoms with E-state index in [1.807, 2.05) is 79.7 Å². The Hall–Kier alpha value is -6.80. The van der Waals surface area contributed by atoms with Crippen molar-refractivity contribution in [2.45, 2.75) is 409 Å². The highest BCUT2D eigenvalue weighted by molar-refractivity contribution is 5.87. The number of fused-ring (bicyclic) bond motifs is 12. The molecule has 10 saturated carbocycles. The third-order valence-electron chi connectivity index (χ3n) is 39.7. The van der Waals surface area contributed by atoms with Crippen LogP contribution in [-0.4, -0.2) is 121 Å². The van der Waals surface area contributed by atoms with Crippen LogP contribution in [0.5, 0.6) is 5.75 Å². The molecule has 15 rings (SSSR count). The minimum Gasteiger partial charge on any atom is -0.508 e. The fourth-order valence-corrected chi connectivity index (χ4v) is 31.5. The molecule has 19 heteroatoms. The Morgan fingerprint density at radius 3 is 1.43 bits per heavy atom. The molecule has 10 fully saturated rings. The maximum Gasteiger partial charge on any atom is 0.309 e. The number of carbonyl (C=O) groups excluding carboxylic acids is 1. The summed E-state index contributed by atoms with van der Waals surface area (Å²) in [6.45, 7) is 51.7. The number of alkyl halides is 1. The Labute approximate surface area is 796 Å². The van der Waals surface area contributed by atoms with Crippen molar-refractivity contribution in [3.05, 3.63) is 124 Å². The van der Waals surface area contributed by atoms with E-state index < -0.39 is 91.3 Å². The highest BCUT2D eigenvalue weighted by Gasteiger charge is 2.68. The highest BCUT2D eigenvalue weighted by atomic mass is 19.1. The second-order valence-electron chi connectivity index (χ2n) is 48.5. The van der Waals surface area contributed by atoms with Gasteiger partial charge in [-0.1, -0.05) is 194 Å². The van der Waals surface area contributed by atoms with Crippen LogP contribution in [0.2, 0.25) is 0 Å². The second-order valence-corrected chi connectivity index (χ2v) is 48.5. The fourth-order valence-electron chi connectivity index (χ4n) is 31.5. The van der Waals surface area contributed by atoms with E-state index in [0.29, 0.717) is 74.4 Å². The van der Waals surface area contributed by atoms with Crippen LogP contribution in [0.1, 0.15) is 403 Å². The molecule has 0 aromatic heterocycles. The minimum absolute atomic E-state index is 0.0000267. The number of hydrogen-bond donors (Lipinski definition) is 11. The Balaban J connectivity index is 0.000000166. The number of halogens is 1. The van der Waals surface area contributed by atoms with Crippen LogP contribution in [0.25, 0.3) is 0 Å². The molecule has 0 aliphatic heterocycles. The molecule has 6 unspecified atom stereocenters. The van der Waals surface area contributed by atoms with Crippen LogP contribution < -0.4 is 0 Å². The van der Waals surface area contributed by atoms with Crippen molar-refractivity contribution >= 4 is 41.6 Å². The summed E-state index contributed by atoms with van der Waals surface area (Å²) in [6.07, 6.45) is 36.7. The van der Waals surface area contributed by atoms with Crippen molar-refractivity contribution in [1.82, 2.24) is 0 Å². The second kappa shape index (κ2) is 40.9. The van der Waals surface area contributed by atoms with Crippen LogP contribution in [-0.2, 0) is 50.8 Å². The van der Waals surface area contributed by atoms with Crippen LogP contribution in [0, 0.1) is 120 Å². The molecule has 0 spiro atoms. The van der Waals surface area contributed by atoms with Gasteiger partial charge in [0.25, 0.3) is 0 Å². The van der Waals surface area contributed by atoms with Crippen molar-refractivity contribution < 1.29 is 94.1 Å². The number of benzene rings is 2. The van der Waals surface area contributed by atoms with E-state index in [-0.39, 0.29) is 99.1 Å². The largest absolute Gasteiger partial charge is 0.508 e. The normalized spacial score (nSPS) is 40.1. The number of carboxylic acids is 6. The van der Waals surface area contributed by atoms with Crippen LogP contribution >= 0.6 is 0 Å². The number of aliphatic carboxylic acids is 6. The van der Waals surface area contributed by atoms with E-state index in [1.165, 1.54) is 27.8 Å². The molecule has 13 aliphatic carbocycles. The van der Waals surface area contributed by atoms with Gasteiger partial charge in [-0.05, 0) is 391 Å². The van der Waals surface area contributed by atoms with Crippen molar-refractivity contribution in [3.8, 4) is 5.75 Å². The van der Waals surface area contributed by atoms with Gasteiger partial charge in [-0.2, -0.15) is 0 Å². The number of carbonyl (C=O) groups is 7. The lowest BCUT2D eigenvalue weighted by Gasteiger charge is -2.63. The number of allylic oxidation sites excluding steroid dienone is 6. The maximum absolute atomic E-state index is 15.0. The lowest BCUT2D eigenvalue weighted by molar-refractivity contribution is -0.194. The van der Waals surface area contributed by atoms with E-state index >= 15 is 4.39 Å². The molecule has 26 atom stereocenters. The molecular weight excluding hydrogens is 1680 g/mol. The number of phenols is 1. The standard InChI is InChI=1S/C20H32O4.C20H28O3.C20H34O3.C19H31FO2.C18H26O3.C17H22O3/c1-13(2)19(23)11-6-12-20(24)15(19)8-7-14-17(3,16(21)22)9-5-10-18(14,20)4;1-12(2)13-6-7-15-14(10-13)16(21)11-17-19(15,3)8-5-9-20(17,4)18(22)23;1-14(10-13-21)6-8-16-15(2)7-9-17-19(16,3)11-5-12-20(17,4)18(22)23;1-13(12-17(21)22)6-8-15-14(2)7-9-16-18(15,3)10-5-11-19(16,4)20;1-12-6-9-15-17(3,14(12)8-7-13(2)19)10-5-11-18(15,4)16(20)21;1-16-8-3-9-17(2,15(19)20)14(16)7-4-11-10-12(18)5-6-13(11)16/h8,13-14,23-24H,5-7,9-12H2,1-4H3,(H,21,22);6-7,10,12,16-17,21H,5,8-9,11H2,1-4H3,(H,22,23);14,16-17,21H,2,5-13H2,1,3-4H3,(H,22,23);13,15-16H,2,5-12H2,1,3-4H3,(H,21,22);7-8,14-15H,1,5-6,9-11H2,2-4H3,(H,20,21);5-6,10,14,18H,3-4,7-9H2,1-2H3,(H,19,20)/b;;;;8-7+;/t14?,17-,18+,19-,20-;16-,17?,19-,20-;14-,16-,17?,19+,20+;13-,15-,16?,18+,19+;14-,15?,17+,18+;14?,16-,17-/m110001/s1. The maximum atomic E-state index is 15.0. The lowest BCUT2D eigenvalue weighted by Crippen LogP contribution is -2.66. The van der Waals surface area contributed by atoms with Gasteiger partial charge in [-0.15, -0.1) is 0 Å². The molecule has 13 aliphatic rings. The summed E-state index contributed by atoms with van der Waals surface area (Å²) < 4.78 is 15.0. The number of aryl methyl sites for hydroxylation is 1. The van der Waals surface area contributed by atoms with E-state index in [4.69, 9.17) is 10.2 Å². The molecule has 744 valence electrons. The highest BCUT2D eigenvalue weighted by Crippen LogP contribution is 2.69. The zero-order valence-corrected chi connectivity index (χ0v) is 84.9. The average molecular weight is 1850 g/mol. The third kappa shape index (κ3) is 20.4. The summed E-state index contributed by atoms with van der Waals surface area (Å²) in [5, 5.41) is 111. The van der Waals surface area contributed by atoms with Crippen molar-refractivity contribution in [1.29, 1.82) is 0 Å². The van der Waals surface area contributed by atoms with Crippen molar-refractivity contribution in [2.75, 3.05) is 6.61 Å². The summed E-state index contributed by atoms with van der Waals surface area (Å²) >= 11 is 0. The van der Waals surface area contributed by atoms with Crippen molar-refractivity contribution in [3.63, 3.8) is 0 Å². The van der Waals surface area contributed by atoms with Crippen molar-refractivity contribution in [2.24, 2.45) is 120 Å². The SMILES string of the molecule is C=C1CCC2[C@](C)(C(=O)O)CCC[C@]2(C)[C@H]1/C=C/C(C)=O.C=C1CCC2[C@](C)(C(=O)O)CCC[C@]2(C)[C@H]1CC[C@H](C)CCO.C=C1CCC2[C@](C)(CCC[C@@]2(C)F)[C@H]1CC[C@H](C)CC(=O)O.CC(C)[C@]1(O)CCC[C@@]2(O)C1=CCC1[C@](C)(C(=O)O)CCC[C@@]12C.CC(C)c1ccc2c(c1)[C@H](O)CC1[C@](C)(C(=O)O)CCC[C@]21C.C[C@@]1(C(=O)O)CCC[C@]2(C)c3ccc(O)cc3CCC12. The molecule has 2 aromatic carbocycles.